The summed E-state index contributed by atoms with van der Waals surface area (Å²) in [5.41, 5.74) is 4.37. The number of ether oxygens (including phenoxy) is 1. The third-order valence-electron chi connectivity index (χ3n) is 6.69. The van der Waals surface area contributed by atoms with Crippen LogP contribution in [0.15, 0.2) is 34.1 Å². The molecule has 170 valence electrons. The lowest BCUT2D eigenvalue weighted by Crippen LogP contribution is -2.40. The Labute approximate surface area is 192 Å². The Bertz CT molecular complexity index is 1050. The first-order chi connectivity index (χ1) is 15.7. The highest BCUT2D eigenvalue weighted by Gasteiger charge is 2.25. The molecule has 0 N–H and O–H groups in total. The van der Waals surface area contributed by atoms with Gasteiger partial charge in [-0.25, -0.2) is 4.79 Å². The van der Waals surface area contributed by atoms with Gasteiger partial charge < -0.3 is 9.64 Å². The van der Waals surface area contributed by atoms with Gasteiger partial charge in [-0.1, -0.05) is 30.0 Å². The molecule has 1 aromatic heterocycles. The van der Waals surface area contributed by atoms with Gasteiger partial charge in [-0.05, 0) is 43.7 Å². The van der Waals surface area contributed by atoms with Crippen molar-refractivity contribution in [3.8, 4) is 0 Å². The summed E-state index contributed by atoms with van der Waals surface area (Å²) in [6, 6.07) is 8.15. The summed E-state index contributed by atoms with van der Waals surface area (Å²) in [5.74, 6) is 0.401. The number of hydrogen-bond acceptors (Lipinski definition) is 6. The number of fused-ring (bicyclic) bond motifs is 2. The lowest BCUT2D eigenvalue weighted by molar-refractivity contribution is -0.116. The lowest BCUT2D eigenvalue weighted by Gasteiger charge is -2.29. The molecule has 8 heteroatoms. The normalized spacial score (nSPS) is 18.4. The highest BCUT2D eigenvalue weighted by Crippen LogP contribution is 2.31. The molecule has 2 aliphatic heterocycles. The molecular formula is C24H30N4O3S. The van der Waals surface area contributed by atoms with Crippen molar-refractivity contribution in [2.24, 2.45) is 0 Å². The zero-order valence-corrected chi connectivity index (χ0v) is 19.2. The Morgan fingerprint density at radius 3 is 2.75 bits per heavy atom. The number of amides is 1. The van der Waals surface area contributed by atoms with Crippen LogP contribution in [0, 0.1) is 0 Å². The Morgan fingerprint density at radius 1 is 1.03 bits per heavy atom. The lowest BCUT2D eigenvalue weighted by atomic mass is 10.0. The summed E-state index contributed by atoms with van der Waals surface area (Å²) in [4.78, 5) is 34.6. The van der Waals surface area contributed by atoms with Gasteiger partial charge in [-0.2, -0.15) is 4.98 Å². The third-order valence-corrected chi connectivity index (χ3v) is 7.69. The fraction of sp³-hybridized carbons (Fsp3) is 0.542. The fourth-order valence-corrected chi connectivity index (χ4v) is 5.96. The highest BCUT2D eigenvalue weighted by atomic mass is 32.2. The maximum Gasteiger partial charge on any atom is 0.348 e. The van der Waals surface area contributed by atoms with Gasteiger partial charge in [0.1, 0.15) is 5.03 Å². The minimum Gasteiger partial charge on any atom is -0.379 e. The van der Waals surface area contributed by atoms with Crippen LogP contribution in [0.5, 0.6) is 0 Å². The first-order valence-corrected chi connectivity index (χ1v) is 12.6. The average molecular weight is 455 g/mol. The van der Waals surface area contributed by atoms with Crippen molar-refractivity contribution in [3.63, 3.8) is 0 Å². The molecule has 1 aromatic carbocycles. The molecular weight excluding hydrogens is 424 g/mol. The Hall–Kier alpha value is -2.16. The first kappa shape index (κ1) is 21.7. The van der Waals surface area contributed by atoms with E-state index in [1.807, 2.05) is 27.7 Å². The molecule has 7 nitrogen and oxygen atoms in total. The molecule has 5 rings (SSSR count). The van der Waals surface area contributed by atoms with Crippen LogP contribution in [0.25, 0.3) is 0 Å². The van der Waals surface area contributed by atoms with Gasteiger partial charge in [-0.3, -0.25) is 14.3 Å². The second-order valence-electron chi connectivity index (χ2n) is 8.65. The molecule has 1 fully saturated rings. The van der Waals surface area contributed by atoms with Crippen molar-refractivity contribution in [2.45, 2.75) is 43.7 Å². The van der Waals surface area contributed by atoms with E-state index in [0.717, 1.165) is 87.9 Å². The maximum absolute atomic E-state index is 13.0. The number of aromatic nitrogens is 2. The van der Waals surface area contributed by atoms with Crippen LogP contribution in [0.1, 0.15) is 29.7 Å². The highest BCUT2D eigenvalue weighted by molar-refractivity contribution is 8.00. The smallest absolute Gasteiger partial charge is 0.348 e. The number of benzene rings is 1. The molecule has 3 aliphatic rings. The molecule has 1 aliphatic carbocycles. The van der Waals surface area contributed by atoms with Gasteiger partial charge >= 0.3 is 5.69 Å². The predicted molar refractivity (Wildman–Crippen MR) is 126 cm³/mol. The number of hydrogen-bond donors (Lipinski definition) is 0. The van der Waals surface area contributed by atoms with Gasteiger partial charge in [0.05, 0.1) is 19.0 Å². The summed E-state index contributed by atoms with van der Waals surface area (Å²) >= 11 is 1.43. The molecule has 1 amide bonds. The first-order valence-electron chi connectivity index (χ1n) is 11.6. The van der Waals surface area contributed by atoms with E-state index < -0.39 is 0 Å². The van der Waals surface area contributed by atoms with E-state index in [0.29, 0.717) is 12.3 Å². The molecule has 2 aromatic rings. The van der Waals surface area contributed by atoms with Gasteiger partial charge in [-0.15, -0.1) is 0 Å². The van der Waals surface area contributed by atoms with E-state index in [4.69, 9.17) is 4.74 Å². The standard InChI is InChI=1S/C24H30N4O3S/c29-22(27-10-4-6-18-5-1-2-8-20(18)27)17-32-23-19-7-3-9-21(19)28(24(30)25-23)12-11-26-13-15-31-16-14-26/h1-2,5,8H,3-4,6-7,9-17H2. The zero-order valence-electron chi connectivity index (χ0n) is 18.4. The van der Waals surface area contributed by atoms with E-state index >= 15 is 0 Å². The van der Waals surface area contributed by atoms with Crippen molar-refractivity contribution in [1.29, 1.82) is 0 Å². The number of para-hydroxylation sites is 1. The third kappa shape index (κ3) is 4.49. The predicted octanol–water partition coefficient (Wildman–Crippen LogP) is 2.14. The number of carbonyl (C=O) groups excluding carboxylic acids is 1. The van der Waals surface area contributed by atoms with Gasteiger partial charge in [0.15, 0.2) is 0 Å². The number of morpholine rings is 1. The number of nitrogens with zero attached hydrogens (tertiary/aromatic N) is 4. The number of aryl methyl sites for hydroxylation is 1. The fourth-order valence-electron chi connectivity index (χ4n) is 5.00. The summed E-state index contributed by atoms with van der Waals surface area (Å²) in [6.45, 7) is 5.62. The van der Waals surface area contributed by atoms with Crippen molar-refractivity contribution in [2.75, 3.05) is 50.0 Å². The van der Waals surface area contributed by atoms with Crippen molar-refractivity contribution in [1.82, 2.24) is 14.5 Å². The summed E-state index contributed by atoms with van der Waals surface area (Å²) < 4.78 is 7.28. The van der Waals surface area contributed by atoms with E-state index in [1.165, 1.54) is 22.9 Å². The number of anilines is 1. The van der Waals surface area contributed by atoms with Crippen LogP contribution in [-0.4, -0.2) is 65.5 Å². The monoisotopic (exact) mass is 454 g/mol. The summed E-state index contributed by atoms with van der Waals surface area (Å²) in [7, 11) is 0. The second kappa shape index (κ2) is 9.77. The van der Waals surface area contributed by atoms with Crippen LogP contribution < -0.4 is 10.6 Å². The summed E-state index contributed by atoms with van der Waals surface area (Å²) in [5, 5.41) is 0.753. The van der Waals surface area contributed by atoms with Gasteiger partial charge in [0.25, 0.3) is 0 Å². The molecule has 0 bridgehead atoms. The van der Waals surface area contributed by atoms with E-state index in [9.17, 15) is 9.59 Å². The Balaban J connectivity index is 1.29. The molecule has 0 unspecified atom stereocenters. The van der Waals surface area contributed by atoms with Crippen LogP contribution in [0.4, 0.5) is 5.69 Å². The van der Waals surface area contributed by atoms with Gasteiger partial charge in [0, 0.05) is 49.7 Å². The maximum atomic E-state index is 13.0. The van der Waals surface area contributed by atoms with Crippen LogP contribution >= 0.6 is 11.8 Å². The second-order valence-corrected chi connectivity index (χ2v) is 9.61. The number of carbonyl (C=O) groups is 1. The average Bonchev–Trinajstić information content (AvgIpc) is 3.32. The molecule has 32 heavy (non-hydrogen) atoms. The number of rotatable bonds is 6. The topological polar surface area (TPSA) is 67.7 Å². The Morgan fingerprint density at radius 2 is 1.88 bits per heavy atom. The van der Waals surface area contributed by atoms with Crippen LogP contribution in [0.3, 0.4) is 0 Å². The quantitative estimate of drug-likeness (QED) is 0.492. The summed E-state index contributed by atoms with van der Waals surface area (Å²) in [6.07, 6.45) is 4.89. The van der Waals surface area contributed by atoms with E-state index in [1.54, 1.807) is 0 Å². The van der Waals surface area contributed by atoms with Crippen LogP contribution in [-0.2, 0) is 35.3 Å². The SMILES string of the molecule is O=C(CSc1nc(=O)n(CCN2CCOCC2)c2c1CCC2)N1CCCc2ccccc21. The van der Waals surface area contributed by atoms with E-state index in [2.05, 4.69) is 16.0 Å². The minimum atomic E-state index is -0.183. The van der Waals surface area contributed by atoms with E-state index in [-0.39, 0.29) is 11.6 Å². The largest absolute Gasteiger partial charge is 0.379 e. The molecule has 1 saturated heterocycles. The Kier molecular flexibility index (Phi) is 6.62. The van der Waals surface area contributed by atoms with Crippen molar-refractivity contribution >= 4 is 23.4 Å². The molecule has 0 radical (unpaired) electrons. The molecule has 0 saturated carbocycles. The van der Waals surface area contributed by atoms with Crippen molar-refractivity contribution < 1.29 is 9.53 Å². The molecule has 0 atom stereocenters. The van der Waals surface area contributed by atoms with Crippen molar-refractivity contribution in [3.05, 3.63) is 51.6 Å². The van der Waals surface area contributed by atoms with Crippen LogP contribution in [0.2, 0.25) is 0 Å². The van der Waals surface area contributed by atoms with Gasteiger partial charge in [0.2, 0.25) is 5.91 Å². The minimum absolute atomic E-state index is 0.0900. The molecule has 0 spiro atoms. The zero-order chi connectivity index (χ0) is 21.9. The molecule has 3 heterocycles. The number of thioether (sulfide) groups is 1.